The number of nitrogens with one attached hydrogen (secondary N) is 2. The van der Waals surface area contributed by atoms with Crippen molar-refractivity contribution in [2.75, 3.05) is 63.5 Å². The van der Waals surface area contributed by atoms with Gasteiger partial charge in [0.05, 0.1) is 11.8 Å². The van der Waals surface area contributed by atoms with E-state index in [1.54, 1.807) is 17.9 Å². The number of benzene rings is 1. The molecule has 0 radical (unpaired) electrons. The smallest absolute Gasteiger partial charge is 0.371 e. The van der Waals surface area contributed by atoms with Gasteiger partial charge in [0.15, 0.2) is 0 Å². The minimum absolute atomic E-state index is 0.0568. The minimum atomic E-state index is -4.44. The molecule has 226 valence electrons. The number of hydrazine groups is 1. The van der Waals surface area contributed by atoms with E-state index in [1.165, 1.54) is 23.4 Å². The van der Waals surface area contributed by atoms with E-state index in [0.29, 0.717) is 64.6 Å². The first-order chi connectivity index (χ1) is 19.2. The van der Waals surface area contributed by atoms with Crippen molar-refractivity contribution in [1.82, 2.24) is 29.9 Å². The van der Waals surface area contributed by atoms with Crippen LogP contribution < -0.4 is 15.0 Å². The fourth-order valence-electron chi connectivity index (χ4n) is 6.01. The van der Waals surface area contributed by atoms with Crippen molar-refractivity contribution < 1.29 is 31.2 Å². The molecule has 11 nitrogen and oxygen atoms in total. The average molecular weight is 600 g/mol. The number of amides is 3. The summed E-state index contributed by atoms with van der Waals surface area (Å²) in [4.78, 5) is 32.2. The first kappa shape index (κ1) is 29.6. The number of sulfonamides is 1. The van der Waals surface area contributed by atoms with E-state index >= 15 is 0 Å². The Hall–Kier alpha value is -2.88. The molecule has 3 fully saturated rings. The number of rotatable bonds is 5. The van der Waals surface area contributed by atoms with Crippen LogP contribution in [0.4, 0.5) is 23.7 Å². The number of hydrogen-bond acceptors (Lipinski definition) is 7. The molecule has 1 unspecified atom stereocenters. The fraction of sp³-hybridized carbons (Fsp3) is 0.615. The average Bonchev–Trinajstić information content (AvgIpc) is 3.33. The summed E-state index contributed by atoms with van der Waals surface area (Å²) < 4.78 is 66.2. The maximum Gasteiger partial charge on any atom is 0.416 e. The number of likely N-dealkylation sites (tertiary alicyclic amines) is 1. The van der Waals surface area contributed by atoms with Crippen molar-refractivity contribution in [2.24, 2.45) is 5.41 Å². The Kier molecular flexibility index (Phi) is 8.00. The van der Waals surface area contributed by atoms with Gasteiger partial charge in [0, 0.05) is 83.1 Å². The van der Waals surface area contributed by atoms with Crippen molar-refractivity contribution in [3.8, 4) is 0 Å². The second kappa shape index (κ2) is 11.1. The first-order valence-corrected chi connectivity index (χ1v) is 15.5. The standard InChI is InChI=1S/C26H36F3N7O4S/c1-19(37)35-17-25(18-35)6-9-33(10-7-25)22-15-21(26(27,28)29)4-3-20(22)16-32-11-13-34(14-12-32)24(38)36-8-5-23(30-36)31-41(2,39)40/h3-5,8,15,23,30-31H,6-7,9-14,16-18H2,1-2H3. The molecule has 4 aliphatic rings. The molecule has 3 amide bonds. The second-order valence-electron chi connectivity index (χ2n) is 11.5. The molecule has 0 aliphatic carbocycles. The predicted molar refractivity (Wildman–Crippen MR) is 146 cm³/mol. The number of urea groups is 1. The third-order valence-electron chi connectivity index (χ3n) is 8.36. The molecule has 3 saturated heterocycles. The number of hydrogen-bond donors (Lipinski definition) is 2. The molecule has 1 spiro atoms. The normalized spacial score (nSPS) is 23.3. The number of piperidine rings is 1. The number of piperazine rings is 1. The minimum Gasteiger partial charge on any atom is -0.371 e. The highest BCUT2D eigenvalue weighted by Gasteiger charge is 2.46. The number of alkyl halides is 3. The Morgan fingerprint density at radius 1 is 1.05 bits per heavy atom. The monoisotopic (exact) mass is 599 g/mol. The molecule has 5 rings (SSSR count). The van der Waals surface area contributed by atoms with Crippen LogP contribution in [-0.2, 0) is 27.5 Å². The molecule has 2 N–H and O–H groups in total. The summed E-state index contributed by atoms with van der Waals surface area (Å²) in [5, 5.41) is 1.24. The van der Waals surface area contributed by atoms with E-state index in [-0.39, 0.29) is 17.4 Å². The van der Waals surface area contributed by atoms with Gasteiger partial charge in [0.2, 0.25) is 15.9 Å². The van der Waals surface area contributed by atoms with Crippen LogP contribution >= 0.6 is 0 Å². The summed E-state index contributed by atoms with van der Waals surface area (Å²) >= 11 is 0. The third kappa shape index (κ3) is 6.79. The molecule has 1 atom stereocenters. The molecular formula is C26H36F3N7O4S. The van der Waals surface area contributed by atoms with E-state index < -0.39 is 27.9 Å². The predicted octanol–water partition coefficient (Wildman–Crippen LogP) is 1.60. The molecule has 4 heterocycles. The van der Waals surface area contributed by atoms with Gasteiger partial charge in [-0.15, -0.1) is 0 Å². The molecule has 41 heavy (non-hydrogen) atoms. The zero-order valence-corrected chi connectivity index (χ0v) is 24.0. The van der Waals surface area contributed by atoms with E-state index in [0.717, 1.165) is 30.7 Å². The lowest BCUT2D eigenvalue weighted by molar-refractivity contribution is -0.142. The van der Waals surface area contributed by atoms with E-state index in [1.807, 2.05) is 9.80 Å². The van der Waals surface area contributed by atoms with Gasteiger partial charge in [0.1, 0.15) is 6.17 Å². The second-order valence-corrected chi connectivity index (χ2v) is 13.2. The highest BCUT2D eigenvalue weighted by molar-refractivity contribution is 7.88. The number of nitrogens with zero attached hydrogens (tertiary/aromatic N) is 5. The van der Waals surface area contributed by atoms with Crippen molar-refractivity contribution in [3.05, 3.63) is 41.6 Å². The van der Waals surface area contributed by atoms with Gasteiger partial charge < -0.3 is 14.7 Å². The Morgan fingerprint density at radius 3 is 2.29 bits per heavy atom. The van der Waals surface area contributed by atoms with Crippen LogP contribution in [0.25, 0.3) is 0 Å². The zero-order chi connectivity index (χ0) is 29.6. The highest BCUT2D eigenvalue weighted by Crippen LogP contribution is 2.43. The lowest BCUT2D eigenvalue weighted by Gasteiger charge is -2.54. The van der Waals surface area contributed by atoms with Crippen molar-refractivity contribution in [1.29, 1.82) is 0 Å². The number of halogens is 3. The van der Waals surface area contributed by atoms with E-state index in [4.69, 9.17) is 0 Å². The van der Waals surface area contributed by atoms with Crippen LogP contribution in [0.3, 0.4) is 0 Å². The summed E-state index contributed by atoms with van der Waals surface area (Å²) in [5.41, 5.74) is 3.58. The maximum atomic E-state index is 13.6. The lowest BCUT2D eigenvalue weighted by atomic mass is 9.72. The molecule has 15 heteroatoms. The fourth-order valence-corrected chi connectivity index (χ4v) is 6.60. The molecule has 4 aliphatic heterocycles. The number of anilines is 1. The van der Waals surface area contributed by atoms with Gasteiger partial charge in [-0.25, -0.2) is 23.6 Å². The molecule has 1 aromatic carbocycles. The molecule has 0 aromatic heterocycles. The zero-order valence-electron chi connectivity index (χ0n) is 23.2. The van der Waals surface area contributed by atoms with E-state index in [2.05, 4.69) is 15.0 Å². The molecule has 1 aromatic rings. The Labute approximate surface area is 237 Å². The SMILES string of the molecule is CC(=O)N1CC2(CCN(c3cc(C(F)(F)F)ccc3CN3CCN(C(=O)N4C=CC(NS(C)(=O)=O)N4)CC3)CC2)C1. The summed E-state index contributed by atoms with van der Waals surface area (Å²) in [6.45, 7) is 6.63. The van der Waals surface area contributed by atoms with Crippen LogP contribution in [0, 0.1) is 5.41 Å². The third-order valence-corrected chi connectivity index (χ3v) is 9.05. The largest absolute Gasteiger partial charge is 0.416 e. The van der Waals surface area contributed by atoms with Crippen LogP contribution in [-0.4, -0.2) is 105 Å². The van der Waals surface area contributed by atoms with Crippen LogP contribution in [0.2, 0.25) is 0 Å². The Balaban J connectivity index is 1.20. The van der Waals surface area contributed by atoms with E-state index in [9.17, 15) is 31.2 Å². The lowest BCUT2D eigenvalue weighted by Crippen LogP contribution is -2.61. The highest BCUT2D eigenvalue weighted by atomic mass is 32.2. The molecule has 0 bridgehead atoms. The molecule has 0 saturated carbocycles. The van der Waals surface area contributed by atoms with Crippen LogP contribution in [0.1, 0.15) is 30.9 Å². The van der Waals surface area contributed by atoms with Gasteiger partial charge in [-0.3, -0.25) is 9.69 Å². The van der Waals surface area contributed by atoms with Crippen molar-refractivity contribution >= 4 is 27.6 Å². The summed E-state index contributed by atoms with van der Waals surface area (Å²) in [6, 6.07) is 3.64. The summed E-state index contributed by atoms with van der Waals surface area (Å²) in [7, 11) is -3.45. The van der Waals surface area contributed by atoms with Gasteiger partial charge in [0.25, 0.3) is 0 Å². The quantitative estimate of drug-likeness (QED) is 0.530. The molecular weight excluding hydrogens is 563 g/mol. The summed E-state index contributed by atoms with van der Waals surface area (Å²) in [5.74, 6) is 0.0568. The van der Waals surface area contributed by atoms with Crippen LogP contribution in [0.5, 0.6) is 0 Å². The summed E-state index contributed by atoms with van der Waals surface area (Å²) in [6.07, 6.45) is 0.549. The topological polar surface area (TPSA) is 109 Å². The maximum absolute atomic E-state index is 13.6. The van der Waals surface area contributed by atoms with Crippen LogP contribution in [0.15, 0.2) is 30.5 Å². The first-order valence-electron chi connectivity index (χ1n) is 13.6. The van der Waals surface area contributed by atoms with Gasteiger partial charge in [-0.2, -0.15) is 17.9 Å². The van der Waals surface area contributed by atoms with Crippen molar-refractivity contribution in [3.63, 3.8) is 0 Å². The Morgan fingerprint density at radius 2 is 1.71 bits per heavy atom. The van der Waals surface area contributed by atoms with Crippen molar-refractivity contribution in [2.45, 2.75) is 38.7 Å². The number of carbonyl (C=O) groups is 2. The van der Waals surface area contributed by atoms with Gasteiger partial charge in [-0.1, -0.05) is 6.07 Å². The number of carbonyl (C=O) groups excluding carboxylic acids is 2. The van der Waals surface area contributed by atoms with Gasteiger partial charge >= 0.3 is 12.2 Å². The van der Waals surface area contributed by atoms with Gasteiger partial charge in [-0.05, 0) is 36.6 Å². The Bertz CT molecular complexity index is 1300.